The van der Waals surface area contributed by atoms with E-state index in [9.17, 15) is 0 Å². The molecule has 2 aromatic heterocycles. The molecule has 0 N–H and O–H groups in total. The third-order valence-corrected chi connectivity index (χ3v) is 10.4. The fourth-order valence-electron chi connectivity index (χ4n) is 7.92. The molecule has 240 valence electrons. The van der Waals surface area contributed by atoms with E-state index in [1.165, 1.54) is 65.3 Å². The molecule has 3 nitrogen and oxygen atoms in total. The summed E-state index contributed by atoms with van der Waals surface area (Å²) < 4.78 is 2.45. The fourth-order valence-corrected chi connectivity index (χ4v) is 7.92. The quantitative estimate of drug-likeness (QED) is 0.173. The molecule has 0 fully saturated rings. The SMILES string of the molecule is CCn1c2ccccc2c2cc3c4ccc(-c5ccc(-c6cc(-c7ccccc7)nc(-c7ccccc7)n6)cc5)cc4c4ccccc4c3cc21. The van der Waals surface area contributed by atoms with E-state index in [1.807, 2.05) is 24.3 Å². The molecule has 0 aliphatic rings. The zero-order valence-electron chi connectivity index (χ0n) is 28.2. The maximum atomic E-state index is 5.04. The Morgan fingerprint density at radius 3 is 1.55 bits per heavy atom. The smallest absolute Gasteiger partial charge is 0.160 e. The Kier molecular flexibility index (Phi) is 6.78. The van der Waals surface area contributed by atoms with Crippen LogP contribution in [0.2, 0.25) is 0 Å². The van der Waals surface area contributed by atoms with Gasteiger partial charge in [0.2, 0.25) is 0 Å². The average molecular weight is 652 g/mol. The molecule has 0 radical (unpaired) electrons. The molecule has 10 aromatic rings. The van der Waals surface area contributed by atoms with Crippen molar-refractivity contribution in [3.05, 3.63) is 170 Å². The van der Waals surface area contributed by atoms with Gasteiger partial charge >= 0.3 is 0 Å². The van der Waals surface area contributed by atoms with Gasteiger partial charge in [-0.2, -0.15) is 0 Å². The molecule has 0 saturated carbocycles. The van der Waals surface area contributed by atoms with Crippen LogP contribution in [-0.4, -0.2) is 14.5 Å². The van der Waals surface area contributed by atoms with Crippen molar-refractivity contribution in [2.45, 2.75) is 13.5 Å². The van der Waals surface area contributed by atoms with Crippen LogP contribution in [0.5, 0.6) is 0 Å². The number of fused-ring (bicyclic) bond motifs is 9. The lowest BCUT2D eigenvalue weighted by atomic mass is 9.91. The number of aromatic nitrogens is 3. The number of hydrogen-bond donors (Lipinski definition) is 0. The molecule has 0 atom stereocenters. The van der Waals surface area contributed by atoms with Crippen molar-refractivity contribution >= 4 is 54.1 Å². The molecule has 0 bridgehead atoms. The van der Waals surface area contributed by atoms with Gasteiger partial charge in [-0.3, -0.25) is 0 Å². The summed E-state index contributed by atoms with van der Waals surface area (Å²) in [7, 11) is 0. The normalized spacial score (nSPS) is 11.7. The Hall–Kier alpha value is -6.58. The Balaban J connectivity index is 1.11. The number of para-hydroxylation sites is 1. The van der Waals surface area contributed by atoms with E-state index < -0.39 is 0 Å². The molecule has 10 rings (SSSR count). The summed E-state index contributed by atoms with van der Waals surface area (Å²) in [6, 6.07) is 60.9. The van der Waals surface area contributed by atoms with E-state index in [2.05, 4.69) is 157 Å². The maximum absolute atomic E-state index is 5.04. The third kappa shape index (κ3) is 4.81. The van der Waals surface area contributed by atoms with Crippen LogP contribution in [0.1, 0.15) is 6.92 Å². The third-order valence-electron chi connectivity index (χ3n) is 10.4. The monoisotopic (exact) mass is 651 g/mol. The van der Waals surface area contributed by atoms with E-state index in [1.54, 1.807) is 0 Å². The molecular weight excluding hydrogens is 619 g/mol. The lowest BCUT2D eigenvalue weighted by Crippen LogP contribution is -1.95. The lowest BCUT2D eigenvalue weighted by Gasteiger charge is -2.13. The van der Waals surface area contributed by atoms with Crippen LogP contribution in [0, 0.1) is 0 Å². The molecule has 0 aliphatic heterocycles. The highest BCUT2D eigenvalue weighted by atomic mass is 15.0. The minimum atomic E-state index is 0.723. The van der Waals surface area contributed by atoms with Gasteiger partial charge in [0.15, 0.2) is 5.82 Å². The van der Waals surface area contributed by atoms with Gasteiger partial charge in [-0.05, 0) is 80.7 Å². The van der Waals surface area contributed by atoms with Gasteiger partial charge in [0, 0.05) is 45.0 Å². The highest BCUT2D eigenvalue weighted by molar-refractivity contribution is 6.29. The first kappa shape index (κ1) is 29.3. The van der Waals surface area contributed by atoms with Crippen LogP contribution in [0.3, 0.4) is 0 Å². The molecule has 0 saturated heterocycles. The Morgan fingerprint density at radius 2 is 0.863 bits per heavy atom. The molecule has 51 heavy (non-hydrogen) atoms. The van der Waals surface area contributed by atoms with Crippen molar-refractivity contribution < 1.29 is 0 Å². The molecule has 0 spiro atoms. The van der Waals surface area contributed by atoms with Gasteiger partial charge in [-0.1, -0.05) is 140 Å². The predicted octanol–water partition coefficient (Wildman–Crippen LogP) is 12.7. The molecule has 3 heteroatoms. The molecular formula is C48H33N3. The van der Waals surface area contributed by atoms with E-state index in [0.29, 0.717) is 0 Å². The van der Waals surface area contributed by atoms with Crippen LogP contribution < -0.4 is 0 Å². The van der Waals surface area contributed by atoms with Crippen LogP contribution in [0.4, 0.5) is 0 Å². The predicted molar refractivity (Wildman–Crippen MR) is 215 cm³/mol. The summed E-state index contributed by atoms with van der Waals surface area (Å²) in [4.78, 5) is 10.0. The second kappa shape index (κ2) is 11.8. The first-order valence-corrected chi connectivity index (χ1v) is 17.6. The molecule has 0 amide bonds. The van der Waals surface area contributed by atoms with Crippen molar-refractivity contribution in [1.29, 1.82) is 0 Å². The fraction of sp³-hybridized carbons (Fsp3) is 0.0417. The van der Waals surface area contributed by atoms with Crippen LogP contribution in [-0.2, 0) is 6.54 Å². The van der Waals surface area contributed by atoms with Crippen LogP contribution >= 0.6 is 0 Å². The standard InChI is InChI=1S/C48H33N3/c1-2-51-46-20-12-11-19-39(46)43-28-41-38-26-25-35(27-40(38)36-17-9-10-18-37(36)42(41)29-47(43)51)31-21-23-33(24-22-31)45-30-44(32-13-5-3-6-14-32)49-48(50-45)34-15-7-4-8-16-34/h3-30H,2H2,1H3. The first-order chi connectivity index (χ1) is 25.2. The van der Waals surface area contributed by atoms with E-state index >= 15 is 0 Å². The van der Waals surface area contributed by atoms with Crippen molar-refractivity contribution in [1.82, 2.24) is 14.5 Å². The van der Waals surface area contributed by atoms with Gasteiger partial charge in [0.25, 0.3) is 0 Å². The summed E-state index contributed by atoms with van der Waals surface area (Å²) in [6.07, 6.45) is 0. The Labute approximate surface area is 296 Å². The number of hydrogen-bond acceptors (Lipinski definition) is 2. The first-order valence-electron chi connectivity index (χ1n) is 17.6. The number of benzene rings is 8. The van der Waals surface area contributed by atoms with Gasteiger partial charge in [-0.25, -0.2) is 9.97 Å². The second-order valence-electron chi connectivity index (χ2n) is 13.3. The Bertz CT molecular complexity index is 2870. The van der Waals surface area contributed by atoms with Crippen molar-refractivity contribution in [2.24, 2.45) is 0 Å². The average Bonchev–Trinajstić information content (AvgIpc) is 3.53. The van der Waals surface area contributed by atoms with Gasteiger partial charge < -0.3 is 4.57 Å². The van der Waals surface area contributed by atoms with Crippen molar-refractivity contribution in [2.75, 3.05) is 0 Å². The van der Waals surface area contributed by atoms with Gasteiger partial charge in [-0.15, -0.1) is 0 Å². The molecule has 2 heterocycles. The highest BCUT2D eigenvalue weighted by Crippen LogP contribution is 2.41. The second-order valence-corrected chi connectivity index (χ2v) is 13.3. The number of aryl methyl sites for hydroxylation is 1. The summed E-state index contributed by atoms with van der Waals surface area (Å²) in [6.45, 7) is 3.17. The largest absolute Gasteiger partial charge is 0.341 e. The summed E-state index contributed by atoms with van der Waals surface area (Å²) in [5, 5.41) is 10.3. The molecule has 0 aliphatic carbocycles. The van der Waals surface area contributed by atoms with Crippen LogP contribution in [0.25, 0.3) is 99.2 Å². The summed E-state index contributed by atoms with van der Waals surface area (Å²) in [5.74, 6) is 0.723. The van der Waals surface area contributed by atoms with Crippen molar-refractivity contribution in [3.8, 4) is 45.0 Å². The maximum Gasteiger partial charge on any atom is 0.160 e. The van der Waals surface area contributed by atoms with E-state index in [4.69, 9.17) is 9.97 Å². The minimum absolute atomic E-state index is 0.723. The summed E-state index contributed by atoms with van der Waals surface area (Å²) >= 11 is 0. The minimum Gasteiger partial charge on any atom is -0.341 e. The van der Waals surface area contributed by atoms with Gasteiger partial charge in [0.05, 0.1) is 11.4 Å². The number of nitrogens with zero attached hydrogens (tertiary/aromatic N) is 3. The highest BCUT2D eigenvalue weighted by Gasteiger charge is 2.16. The molecule has 0 unspecified atom stereocenters. The van der Waals surface area contributed by atoms with Crippen molar-refractivity contribution in [3.63, 3.8) is 0 Å². The summed E-state index contributed by atoms with van der Waals surface area (Å²) in [5.41, 5.74) is 9.90. The van der Waals surface area contributed by atoms with Gasteiger partial charge in [0.1, 0.15) is 0 Å². The topological polar surface area (TPSA) is 30.7 Å². The lowest BCUT2D eigenvalue weighted by molar-refractivity contribution is 0.827. The Morgan fingerprint density at radius 1 is 0.353 bits per heavy atom. The number of rotatable bonds is 5. The van der Waals surface area contributed by atoms with Crippen LogP contribution in [0.15, 0.2) is 170 Å². The zero-order chi connectivity index (χ0) is 33.9. The molecule has 8 aromatic carbocycles. The van der Waals surface area contributed by atoms with E-state index in [-0.39, 0.29) is 0 Å². The zero-order valence-corrected chi connectivity index (χ0v) is 28.2. The van der Waals surface area contributed by atoms with E-state index in [0.717, 1.165) is 40.4 Å².